The third-order valence-corrected chi connectivity index (χ3v) is 2.73. The highest BCUT2D eigenvalue weighted by atomic mass is 16.1. The van der Waals surface area contributed by atoms with Gasteiger partial charge < -0.3 is 4.57 Å². The van der Waals surface area contributed by atoms with Gasteiger partial charge in [-0.25, -0.2) is 4.98 Å². The predicted molar refractivity (Wildman–Crippen MR) is 66.7 cm³/mol. The van der Waals surface area contributed by atoms with E-state index in [1.807, 2.05) is 6.20 Å². The fourth-order valence-corrected chi connectivity index (χ4v) is 1.70. The van der Waals surface area contributed by atoms with Gasteiger partial charge in [-0.05, 0) is 18.9 Å². The molecule has 3 heteroatoms. The second kappa shape index (κ2) is 5.43. The predicted octanol–water partition coefficient (Wildman–Crippen LogP) is 2.39. The lowest BCUT2D eigenvalue weighted by Gasteiger charge is -2.03. The number of benzene rings is 1. The fraction of sp³-hybridized carbons (Fsp3) is 0.286. The van der Waals surface area contributed by atoms with Crippen molar-refractivity contribution in [1.29, 1.82) is 0 Å². The Morgan fingerprint density at radius 2 is 2.06 bits per heavy atom. The molecule has 2 aromatic rings. The number of aromatic nitrogens is 2. The van der Waals surface area contributed by atoms with Gasteiger partial charge in [-0.3, -0.25) is 4.79 Å². The summed E-state index contributed by atoms with van der Waals surface area (Å²) in [5.41, 5.74) is 2.47. The minimum Gasteiger partial charge on any atom is -0.330 e. The Labute approximate surface area is 101 Å². The number of ketones is 1. The number of carbonyl (C=O) groups is 1. The standard InChI is InChI=1S/C14H16N2O/c1-12-2-4-13(5-3-12)6-7-14(17)10-16-9-8-15-11-16/h2-5,8-9,11H,6-7,10H2,1H3. The van der Waals surface area contributed by atoms with Gasteiger partial charge in [-0.2, -0.15) is 0 Å². The molecule has 0 fully saturated rings. The molecular weight excluding hydrogens is 212 g/mol. The Kier molecular flexibility index (Phi) is 3.70. The number of Topliss-reactive ketones (excluding diaryl/α,β-unsaturated/α-hetero) is 1. The Morgan fingerprint density at radius 3 is 2.71 bits per heavy atom. The van der Waals surface area contributed by atoms with Crippen LogP contribution in [0.25, 0.3) is 0 Å². The summed E-state index contributed by atoms with van der Waals surface area (Å²) < 4.78 is 1.80. The number of rotatable bonds is 5. The molecule has 1 aromatic carbocycles. The molecule has 17 heavy (non-hydrogen) atoms. The first-order chi connectivity index (χ1) is 8.24. The molecule has 0 saturated heterocycles. The maximum absolute atomic E-state index is 11.7. The van der Waals surface area contributed by atoms with Crippen LogP contribution in [-0.2, 0) is 17.8 Å². The molecule has 0 aliphatic carbocycles. The van der Waals surface area contributed by atoms with E-state index in [1.165, 1.54) is 11.1 Å². The van der Waals surface area contributed by atoms with Gasteiger partial charge in [0.05, 0.1) is 12.9 Å². The van der Waals surface area contributed by atoms with Crippen molar-refractivity contribution in [2.45, 2.75) is 26.3 Å². The zero-order valence-electron chi connectivity index (χ0n) is 9.97. The van der Waals surface area contributed by atoms with Gasteiger partial charge >= 0.3 is 0 Å². The van der Waals surface area contributed by atoms with Gasteiger partial charge in [-0.15, -0.1) is 0 Å². The van der Waals surface area contributed by atoms with Crippen molar-refractivity contribution in [1.82, 2.24) is 9.55 Å². The molecule has 0 bridgehead atoms. The summed E-state index contributed by atoms with van der Waals surface area (Å²) in [5, 5.41) is 0. The van der Waals surface area contributed by atoms with Crippen LogP contribution < -0.4 is 0 Å². The highest BCUT2D eigenvalue weighted by molar-refractivity contribution is 5.78. The fourth-order valence-electron chi connectivity index (χ4n) is 1.70. The molecule has 0 atom stereocenters. The van der Waals surface area contributed by atoms with Crippen LogP contribution in [0.3, 0.4) is 0 Å². The Hall–Kier alpha value is -1.90. The Bertz CT molecular complexity index is 471. The number of hydrogen-bond acceptors (Lipinski definition) is 2. The average Bonchev–Trinajstić information content (AvgIpc) is 2.81. The maximum Gasteiger partial charge on any atom is 0.152 e. The second-order valence-corrected chi connectivity index (χ2v) is 4.26. The van der Waals surface area contributed by atoms with Crippen LogP contribution in [-0.4, -0.2) is 15.3 Å². The first kappa shape index (κ1) is 11.6. The van der Waals surface area contributed by atoms with Crippen LogP contribution in [0.4, 0.5) is 0 Å². The molecule has 0 aliphatic rings. The first-order valence-electron chi connectivity index (χ1n) is 5.77. The van der Waals surface area contributed by atoms with Gasteiger partial charge in [-0.1, -0.05) is 29.8 Å². The molecule has 1 aromatic heterocycles. The van der Waals surface area contributed by atoms with E-state index in [1.54, 1.807) is 17.1 Å². The normalized spacial score (nSPS) is 10.4. The number of nitrogens with zero attached hydrogens (tertiary/aromatic N) is 2. The smallest absolute Gasteiger partial charge is 0.152 e. The summed E-state index contributed by atoms with van der Waals surface area (Å²) in [4.78, 5) is 15.6. The monoisotopic (exact) mass is 228 g/mol. The van der Waals surface area contributed by atoms with Crippen molar-refractivity contribution in [3.05, 3.63) is 54.1 Å². The number of hydrogen-bond donors (Lipinski definition) is 0. The van der Waals surface area contributed by atoms with Crippen LogP contribution in [0, 0.1) is 6.92 Å². The minimum atomic E-state index is 0.239. The van der Waals surface area contributed by atoms with E-state index in [0.717, 1.165) is 6.42 Å². The van der Waals surface area contributed by atoms with Gasteiger partial charge in [0.15, 0.2) is 5.78 Å². The topological polar surface area (TPSA) is 34.9 Å². The zero-order valence-corrected chi connectivity index (χ0v) is 9.97. The van der Waals surface area contributed by atoms with Crippen LogP contribution in [0.5, 0.6) is 0 Å². The Morgan fingerprint density at radius 1 is 1.29 bits per heavy atom. The number of imidazole rings is 1. The van der Waals surface area contributed by atoms with Crippen molar-refractivity contribution in [3.8, 4) is 0 Å². The van der Waals surface area contributed by atoms with E-state index in [0.29, 0.717) is 13.0 Å². The second-order valence-electron chi connectivity index (χ2n) is 4.26. The van der Waals surface area contributed by atoms with Gasteiger partial charge in [0.25, 0.3) is 0 Å². The van der Waals surface area contributed by atoms with E-state index >= 15 is 0 Å². The molecule has 0 saturated carbocycles. The van der Waals surface area contributed by atoms with Crippen molar-refractivity contribution < 1.29 is 4.79 Å². The summed E-state index contributed by atoms with van der Waals surface area (Å²) in [5.74, 6) is 0.239. The number of aryl methyl sites for hydroxylation is 2. The van der Waals surface area contributed by atoms with Crippen LogP contribution >= 0.6 is 0 Å². The van der Waals surface area contributed by atoms with Gasteiger partial charge in [0, 0.05) is 18.8 Å². The van der Waals surface area contributed by atoms with Crippen LogP contribution in [0.2, 0.25) is 0 Å². The van der Waals surface area contributed by atoms with Gasteiger partial charge in [0.2, 0.25) is 0 Å². The molecule has 0 radical (unpaired) electrons. The lowest BCUT2D eigenvalue weighted by atomic mass is 10.1. The van der Waals surface area contributed by atoms with E-state index < -0.39 is 0 Å². The molecular formula is C14H16N2O. The zero-order chi connectivity index (χ0) is 12.1. The van der Waals surface area contributed by atoms with E-state index in [-0.39, 0.29) is 5.78 Å². The largest absolute Gasteiger partial charge is 0.330 e. The maximum atomic E-state index is 11.7. The highest BCUT2D eigenvalue weighted by Crippen LogP contribution is 2.06. The lowest BCUT2D eigenvalue weighted by molar-refractivity contribution is -0.119. The van der Waals surface area contributed by atoms with Crippen LogP contribution in [0.15, 0.2) is 43.0 Å². The molecule has 1 heterocycles. The molecule has 3 nitrogen and oxygen atoms in total. The number of carbonyl (C=O) groups excluding carboxylic acids is 1. The lowest BCUT2D eigenvalue weighted by Crippen LogP contribution is -2.09. The molecule has 0 unspecified atom stereocenters. The van der Waals surface area contributed by atoms with Crippen molar-refractivity contribution in [2.75, 3.05) is 0 Å². The Balaban J connectivity index is 1.82. The van der Waals surface area contributed by atoms with E-state index in [2.05, 4.69) is 36.2 Å². The third kappa shape index (κ3) is 3.55. The highest BCUT2D eigenvalue weighted by Gasteiger charge is 2.03. The van der Waals surface area contributed by atoms with E-state index in [4.69, 9.17) is 0 Å². The molecule has 0 aliphatic heterocycles. The third-order valence-electron chi connectivity index (χ3n) is 2.73. The van der Waals surface area contributed by atoms with Gasteiger partial charge in [0.1, 0.15) is 0 Å². The summed E-state index contributed by atoms with van der Waals surface area (Å²) in [6.07, 6.45) is 6.57. The summed E-state index contributed by atoms with van der Waals surface area (Å²) in [6.45, 7) is 2.49. The first-order valence-corrected chi connectivity index (χ1v) is 5.77. The molecule has 0 amide bonds. The van der Waals surface area contributed by atoms with Crippen molar-refractivity contribution >= 4 is 5.78 Å². The molecule has 0 spiro atoms. The van der Waals surface area contributed by atoms with Crippen molar-refractivity contribution in [2.24, 2.45) is 0 Å². The summed E-state index contributed by atoms with van der Waals surface area (Å²) in [7, 11) is 0. The van der Waals surface area contributed by atoms with Crippen LogP contribution in [0.1, 0.15) is 17.5 Å². The molecule has 0 N–H and O–H groups in total. The summed E-state index contributed by atoms with van der Waals surface area (Å²) >= 11 is 0. The van der Waals surface area contributed by atoms with Crippen molar-refractivity contribution in [3.63, 3.8) is 0 Å². The van der Waals surface area contributed by atoms with E-state index in [9.17, 15) is 4.79 Å². The minimum absolute atomic E-state index is 0.239. The molecule has 2 rings (SSSR count). The quantitative estimate of drug-likeness (QED) is 0.787. The average molecular weight is 228 g/mol. The summed E-state index contributed by atoms with van der Waals surface area (Å²) in [6, 6.07) is 8.32. The SMILES string of the molecule is Cc1ccc(CCC(=O)Cn2ccnc2)cc1. The molecule has 88 valence electrons.